The maximum Gasteiger partial charge on any atom is 0.161 e. The van der Waals surface area contributed by atoms with Crippen molar-refractivity contribution in [3.63, 3.8) is 0 Å². The summed E-state index contributed by atoms with van der Waals surface area (Å²) in [5.41, 5.74) is 28.2. The van der Waals surface area contributed by atoms with Gasteiger partial charge in [-0.05, 0) is 243 Å². The Kier molecular flexibility index (Phi) is 34.5. The van der Waals surface area contributed by atoms with E-state index in [0.717, 1.165) is 50.0 Å². The minimum absolute atomic E-state index is 0.663. The second kappa shape index (κ2) is 39.7. The Morgan fingerprint density at radius 1 is 0.284 bits per heavy atom. The number of hydrogen-bond donors (Lipinski definition) is 0. The molecule has 0 amide bonds. The Bertz CT molecular complexity index is 2900. The minimum Gasteiger partial charge on any atom is -0.486 e. The maximum absolute atomic E-state index is 5.38. The first kappa shape index (κ1) is 70.5. The molecule has 0 aromatic heterocycles. The predicted octanol–water partition coefficient (Wildman–Crippen LogP) is 22.0. The van der Waals surface area contributed by atoms with E-state index in [-0.39, 0.29) is 0 Å². The van der Waals surface area contributed by atoms with E-state index in [4.69, 9.17) is 9.47 Å². The normalized spacial score (nSPS) is 10.5. The summed E-state index contributed by atoms with van der Waals surface area (Å²) in [6.45, 7) is 44.6. The molecule has 0 unspecified atom stereocenters. The molecule has 0 atom stereocenters. The van der Waals surface area contributed by atoms with E-state index < -0.39 is 0 Å². The van der Waals surface area contributed by atoms with Gasteiger partial charge in [0.2, 0.25) is 0 Å². The first-order valence-corrected chi connectivity index (χ1v) is 30.5. The lowest BCUT2D eigenvalue weighted by Gasteiger charge is -2.18. The van der Waals surface area contributed by atoms with Crippen molar-refractivity contribution in [1.82, 2.24) is 0 Å². The van der Waals surface area contributed by atoms with Crippen molar-refractivity contribution in [2.45, 2.75) is 196 Å². The van der Waals surface area contributed by atoms with Crippen LogP contribution in [0.5, 0.6) is 11.5 Å². The van der Waals surface area contributed by atoms with Gasteiger partial charge in [-0.25, -0.2) is 0 Å². The zero-order valence-electron chi connectivity index (χ0n) is 54.6. The number of rotatable bonds is 9. The zero-order valence-corrected chi connectivity index (χ0v) is 54.6. The van der Waals surface area contributed by atoms with Gasteiger partial charge >= 0.3 is 0 Å². The van der Waals surface area contributed by atoms with Crippen molar-refractivity contribution in [1.29, 1.82) is 0 Å². The molecule has 0 N–H and O–H groups in total. The summed E-state index contributed by atoms with van der Waals surface area (Å²) in [4.78, 5) is 0. The molecule has 2 heteroatoms. The van der Waals surface area contributed by atoms with Crippen molar-refractivity contribution in [3.05, 3.63) is 269 Å². The zero-order chi connectivity index (χ0) is 60.3. The van der Waals surface area contributed by atoms with Crippen molar-refractivity contribution in [3.8, 4) is 11.5 Å². The van der Waals surface area contributed by atoms with Gasteiger partial charge in [-0.1, -0.05) is 223 Å². The summed E-state index contributed by atoms with van der Waals surface area (Å²) in [5.74, 6) is 1.73. The maximum atomic E-state index is 5.38. The third kappa shape index (κ3) is 28.1. The Hall–Kier alpha value is -6.64. The molecule has 436 valence electrons. The van der Waals surface area contributed by atoms with Gasteiger partial charge in [0.25, 0.3) is 0 Å². The average molecular weight is 1090 g/mol. The summed E-state index contributed by atoms with van der Waals surface area (Å²) in [6.07, 6.45) is 10.7. The number of benzene rings is 8. The van der Waals surface area contributed by atoms with Crippen LogP contribution in [-0.2, 0) is 44.9 Å². The summed E-state index contributed by atoms with van der Waals surface area (Å²) in [6, 6.07) is 56.2. The lowest BCUT2D eigenvalue weighted by Crippen LogP contribution is -2.15. The van der Waals surface area contributed by atoms with Crippen LogP contribution in [0.4, 0.5) is 0 Å². The SMILES string of the molecule is CCCCc1ccc(C)cc1.CCc1cc(C)cc(CC)c1.CCc1cc(CC)c(C)c(CC)c1.CCc1ccc(C)cc1.Cc1ccc(C)c(C)c1.Cc1ccc2c(c1)OCCO2.Cc1cccc(C)c1C.Cc1ccccc1C. The fourth-order valence-electron chi connectivity index (χ4n) is 8.77. The molecule has 0 spiro atoms. The standard InChI is InChI=1S/C13H20.2C11H16.C9H10O2.3C9H12.C8H10/c1-5-11-8-12(6-2)10(4)13(7-3)9-11;1-4-10-6-9(3)7-11(5-2)8-10;1-3-4-5-11-8-6-10(2)7-9-11;1-7-2-3-8-9(6-7)11-5-4-10-8;1-7-4-5-8(2)9(3)6-7;1-7-5-4-6-8(2)9(7)3;1-3-9-6-4-8(2)5-7-9;1-7-5-3-4-6-8(7)2/h8-9H,5-7H2,1-4H3;6-8H,4-5H2,1-3H3;6-9H,3-5H2,1-2H3;2-3,6H,4-5H2,1H3;2*4-6H,1-3H3;4-7H,3H2,1-2H3;3-6H,1-2H3. The molecule has 0 aliphatic carbocycles. The summed E-state index contributed by atoms with van der Waals surface area (Å²) < 4.78 is 10.7. The fourth-order valence-corrected chi connectivity index (χ4v) is 8.77. The molecule has 1 aliphatic heterocycles. The van der Waals surface area contributed by atoms with Crippen LogP contribution in [0.25, 0.3) is 0 Å². The molecule has 1 aliphatic rings. The molecule has 0 saturated carbocycles. The number of aryl methyl sites for hydroxylation is 18. The highest BCUT2D eigenvalue weighted by molar-refractivity contribution is 5.43. The molecule has 0 saturated heterocycles. The summed E-state index contributed by atoms with van der Waals surface area (Å²) in [5, 5.41) is 0. The molecule has 8 aromatic carbocycles. The first-order chi connectivity index (χ1) is 38.7. The van der Waals surface area contributed by atoms with Gasteiger partial charge in [-0.2, -0.15) is 0 Å². The van der Waals surface area contributed by atoms with Crippen LogP contribution >= 0.6 is 0 Å². The molecule has 0 fully saturated rings. The topological polar surface area (TPSA) is 18.5 Å². The fraction of sp³-hybridized carbons (Fsp3) is 0.392. The van der Waals surface area contributed by atoms with E-state index in [0.29, 0.717) is 13.2 Å². The Labute approximate surface area is 496 Å². The van der Waals surface area contributed by atoms with Crippen LogP contribution < -0.4 is 9.47 Å². The monoisotopic (exact) mass is 1090 g/mol. The molecular formula is C79H108O2. The Balaban J connectivity index is 0.000000317. The quantitative estimate of drug-likeness (QED) is 0.143. The summed E-state index contributed by atoms with van der Waals surface area (Å²) in [7, 11) is 0. The Morgan fingerprint density at radius 2 is 0.691 bits per heavy atom. The highest BCUT2D eigenvalue weighted by Crippen LogP contribution is 2.30. The lowest BCUT2D eigenvalue weighted by molar-refractivity contribution is 0.171. The second-order valence-electron chi connectivity index (χ2n) is 21.9. The molecule has 9 rings (SSSR count). The number of ether oxygens (including phenoxy) is 2. The van der Waals surface area contributed by atoms with Gasteiger partial charge < -0.3 is 9.47 Å². The van der Waals surface area contributed by atoms with Gasteiger partial charge in [-0.3, -0.25) is 0 Å². The van der Waals surface area contributed by atoms with E-state index in [1.807, 2.05) is 25.1 Å². The van der Waals surface area contributed by atoms with Crippen molar-refractivity contribution >= 4 is 0 Å². The van der Waals surface area contributed by atoms with E-state index in [1.54, 1.807) is 0 Å². The Morgan fingerprint density at radius 3 is 1.11 bits per heavy atom. The molecular weight excluding hydrogens is 981 g/mol. The van der Waals surface area contributed by atoms with Gasteiger partial charge in [0.05, 0.1) is 0 Å². The summed E-state index contributed by atoms with van der Waals surface area (Å²) >= 11 is 0. The molecule has 8 aromatic rings. The molecule has 0 bridgehead atoms. The number of fused-ring (bicyclic) bond motifs is 1. The highest BCUT2D eigenvalue weighted by Gasteiger charge is 2.10. The smallest absolute Gasteiger partial charge is 0.161 e. The third-order valence-corrected chi connectivity index (χ3v) is 15.0. The molecule has 2 nitrogen and oxygen atoms in total. The lowest BCUT2D eigenvalue weighted by atomic mass is 9.95. The van der Waals surface area contributed by atoms with Crippen molar-refractivity contribution in [2.24, 2.45) is 0 Å². The van der Waals surface area contributed by atoms with Gasteiger partial charge in [0, 0.05) is 0 Å². The molecule has 81 heavy (non-hydrogen) atoms. The van der Waals surface area contributed by atoms with Crippen LogP contribution in [0.2, 0.25) is 0 Å². The van der Waals surface area contributed by atoms with E-state index >= 15 is 0 Å². The van der Waals surface area contributed by atoms with Gasteiger partial charge in [-0.15, -0.1) is 0 Å². The van der Waals surface area contributed by atoms with E-state index in [9.17, 15) is 0 Å². The van der Waals surface area contributed by atoms with Crippen LogP contribution in [0.1, 0.15) is 173 Å². The van der Waals surface area contributed by atoms with Gasteiger partial charge in [0.15, 0.2) is 11.5 Å². The average Bonchev–Trinajstić information content (AvgIpc) is 3.48. The van der Waals surface area contributed by atoms with Gasteiger partial charge in [0.1, 0.15) is 13.2 Å². The van der Waals surface area contributed by atoms with E-state index in [2.05, 4.69) is 271 Å². The molecule has 0 radical (unpaired) electrons. The largest absolute Gasteiger partial charge is 0.486 e. The minimum atomic E-state index is 0.663. The van der Waals surface area contributed by atoms with Crippen LogP contribution in [0.3, 0.4) is 0 Å². The van der Waals surface area contributed by atoms with E-state index in [1.165, 1.54) is 131 Å². The second-order valence-corrected chi connectivity index (χ2v) is 21.9. The van der Waals surface area contributed by atoms with Crippen LogP contribution in [0, 0.1) is 90.0 Å². The highest BCUT2D eigenvalue weighted by atomic mass is 16.6. The number of unbranched alkanes of at least 4 members (excludes halogenated alkanes) is 1. The first-order valence-electron chi connectivity index (χ1n) is 30.5. The molecule has 1 heterocycles. The van der Waals surface area contributed by atoms with Crippen molar-refractivity contribution in [2.75, 3.05) is 13.2 Å². The van der Waals surface area contributed by atoms with Crippen LogP contribution in [-0.4, -0.2) is 13.2 Å². The van der Waals surface area contributed by atoms with Crippen LogP contribution in [0.15, 0.2) is 158 Å². The number of hydrogen-bond acceptors (Lipinski definition) is 2. The third-order valence-electron chi connectivity index (χ3n) is 15.0. The van der Waals surface area contributed by atoms with Crippen molar-refractivity contribution < 1.29 is 9.47 Å². The predicted molar refractivity (Wildman–Crippen MR) is 359 cm³/mol.